The predicted molar refractivity (Wildman–Crippen MR) is 82.0 cm³/mol. The maximum atomic E-state index is 11.2. The van der Waals surface area contributed by atoms with Crippen molar-refractivity contribution in [3.63, 3.8) is 0 Å². The molecule has 1 rings (SSSR count). The lowest BCUT2D eigenvalue weighted by Crippen LogP contribution is -2.63. The van der Waals surface area contributed by atoms with Crippen molar-refractivity contribution in [1.29, 1.82) is 0 Å². The lowest BCUT2D eigenvalue weighted by atomic mass is 9.64. The van der Waals surface area contributed by atoms with Crippen molar-refractivity contribution in [2.75, 3.05) is 19.6 Å². The maximum absolute atomic E-state index is 11.2. The average Bonchev–Trinajstić information content (AvgIpc) is 2.32. The fourth-order valence-electron chi connectivity index (χ4n) is 3.51. The minimum atomic E-state index is -0.904. The second kappa shape index (κ2) is 6.64. The molecule has 0 bridgehead atoms. The number of hydrogen-bond donors (Lipinski definition) is 3. The molecule has 0 saturated carbocycles. The largest absolute Gasteiger partial charge is 0.465 e. The Morgan fingerprint density at radius 1 is 1.43 bits per heavy atom. The van der Waals surface area contributed by atoms with Gasteiger partial charge in [-0.05, 0) is 30.6 Å². The molecule has 1 aliphatic heterocycles. The zero-order valence-electron chi connectivity index (χ0n) is 13.6. The van der Waals surface area contributed by atoms with Crippen LogP contribution in [0.3, 0.4) is 0 Å². The Kier molecular flexibility index (Phi) is 5.61. The first-order valence-corrected chi connectivity index (χ1v) is 7.57. The molecule has 4 N–H and O–H groups in total. The zero-order chi connectivity index (χ0) is 16.3. The molecule has 1 saturated heterocycles. The van der Waals surface area contributed by atoms with Gasteiger partial charge < -0.3 is 21.1 Å². The summed E-state index contributed by atoms with van der Waals surface area (Å²) >= 11 is 0. The van der Waals surface area contributed by atoms with Crippen LogP contribution >= 0.6 is 0 Å². The molecule has 0 radical (unpaired) electrons. The number of hydrogen-bond acceptors (Lipinski definition) is 3. The van der Waals surface area contributed by atoms with Crippen LogP contribution in [0.15, 0.2) is 0 Å². The predicted octanol–water partition coefficient (Wildman–Crippen LogP) is 1.65. The Morgan fingerprint density at radius 2 is 2.05 bits per heavy atom. The number of piperidine rings is 1. The molecule has 2 amide bonds. The topological polar surface area (TPSA) is 95.7 Å². The van der Waals surface area contributed by atoms with Gasteiger partial charge in [-0.15, -0.1) is 0 Å². The average molecular weight is 299 g/mol. The van der Waals surface area contributed by atoms with E-state index in [2.05, 4.69) is 26.1 Å². The van der Waals surface area contributed by atoms with Gasteiger partial charge in [-0.25, -0.2) is 4.79 Å². The van der Waals surface area contributed by atoms with Crippen LogP contribution in [0.2, 0.25) is 0 Å². The molecule has 1 fully saturated rings. The van der Waals surface area contributed by atoms with E-state index in [4.69, 9.17) is 5.73 Å². The molecule has 6 nitrogen and oxygen atoms in total. The first kappa shape index (κ1) is 17.8. The lowest BCUT2D eigenvalue weighted by molar-refractivity contribution is -0.119. The van der Waals surface area contributed by atoms with Gasteiger partial charge in [-0.3, -0.25) is 4.79 Å². The molecular weight excluding hydrogens is 270 g/mol. The highest BCUT2D eigenvalue weighted by Crippen LogP contribution is 2.41. The van der Waals surface area contributed by atoms with Crippen LogP contribution in [0, 0.1) is 11.3 Å². The third-order valence-electron chi connectivity index (χ3n) is 4.38. The number of amides is 2. The van der Waals surface area contributed by atoms with E-state index in [-0.39, 0.29) is 17.2 Å². The van der Waals surface area contributed by atoms with Gasteiger partial charge in [0.25, 0.3) is 0 Å². The van der Waals surface area contributed by atoms with E-state index in [1.807, 2.05) is 0 Å². The summed E-state index contributed by atoms with van der Waals surface area (Å²) < 4.78 is 0. The van der Waals surface area contributed by atoms with Gasteiger partial charge in [0.05, 0.1) is 0 Å². The van der Waals surface area contributed by atoms with Crippen molar-refractivity contribution in [2.45, 2.75) is 52.5 Å². The molecule has 1 heterocycles. The van der Waals surface area contributed by atoms with Crippen molar-refractivity contribution in [3.05, 3.63) is 0 Å². The van der Waals surface area contributed by atoms with E-state index in [1.54, 1.807) is 0 Å². The van der Waals surface area contributed by atoms with E-state index in [1.165, 1.54) is 11.8 Å². The molecule has 0 aromatic rings. The molecule has 122 valence electrons. The number of carboxylic acid groups (broad SMARTS) is 1. The van der Waals surface area contributed by atoms with E-state index in [9.17, 15) is 14.7 Å². The van der Waals surface area contributed by atoms with Crippen molar-refractivity contribution in [2.24, 2.45) is 17.1 Å². The lowest BCUT2D eigenvalue weighted by Gasteiger charge is -2.50. The number of nitrogens with two attached hydrogens (primary N) is 1. The minimum Gasteiger partial charge on any atom is -0.465 e. The van der Waals surface area contributed by atoms with E-state index in [0.717, 1.165) is 12.8 Å². The van der Waals surface area contributed by atoms with Gasteiger partial charge in [0.2, 0.25) is 5.91 Å². The third-order valence-corrected chi connectivity index (χ3v) is 4.38. The summed E-state index contributed by atoms with van der Waals surface area (Å²) in [6, 6.07) is 0. The molecule has 1 aliphatic rings. The monoisotopic (exact) mass is 299 g/mol. The quantitative estimate of drug-likeness (QED) is 0.688. The van der Waals surface area contributed by atoms with Crippen molar-refractivity contribution in [3.8, 4) is 0 Å². The van der Waals surface area contributed by atoms with Crippen LogP contribution in [-0.2, 0) is 4.79 Å². The van der Waals surface area contributed by atoms with Crippen molar-refractivity contribution >= 4 is 12.0 Å². The van der Waals surface area contributed by atoms with E-state index in [0.29, 0.717) is 26.1 Å². The van der Waals surface area contributed by atoms with Crippen LogP contribution in [0.4, 0.5) is 4.79 Å². The summed E-state index contributed by atoms with van der Waals surface area (Å²) in [6.45, 7) is 9.45. The van der Waals surface area contributed by atoms with Crippen LogP contribution in [0.25, 0.3) is 0 Å². The first-order chi connectivity index (χ1) is 9.56. The van der Waals surface area contributed by atoms with Crippen LogP contribution in [0.1, 0.15) is 47.0 Å². The Bertz CT molecular complexity index is 392. The van der Waals surface area contributed by atoms with Crippen LogP contribution in [0.5, 0.6) is 0 Å². The van der Waals surface area contributed by atoms with Crippen molar-refractivity contribution in [1.82, 2.24) is 10.2 Å². The molecule has 0 aromatic carbocycles. The number of rotatable bonds is 4. The second-order valence-electron chi connectivity index (χ2n) is 7.23. The summed E-state index contributed by atoms with van der Waals surface area (Å²) in [4.78, 5) is 23.6. The number of carbonyl (C=O) groups excluding carboxylic acids is 1. The highest BCUT2D eigenvalue weighted by molar-refractivity contribution is 5.72. The second-order valence-corrected chi connectivity index (χ2v) is 7.23. The van der Waals surface area contributed by atoms with E-state index < -0.39 is 11.6 Å². The van der Waals surface area contributed by atoms with Gasteiger partial charge >= 0.3 is 6.09 Å². The molecule has 2 unspecified atom stereocenters. The fraction of sp³-hybridized carbons (Fsp3) is 0.867. The molecule has 0 aliphatic carbocycles. The molecule has 0 spiro atoms. The van der Waals surface area contributed by atoms with Gasteiger partial charge in [-0.2, -0.15) is 0 Å². The number of likely N-dealkylation sites (tertiary alicyclic amines) is 1. The third kappa shape index (κ3) is 4.88. The molecular formula is C15H29N3O3. The number of nitrogens with one attached hydrogen (secondary N) is 1. The Labute approximate surface area is 127 Å². The Morgan fingerprint density at radius 3 is 2.52 bits per heavy atom. The van der Waals surface area contributed by atoms with Crippen LogP contribution < -0.4 is 11.1 Å². The normalized spacial score (nSPS) is 26.5. The summed E-state index contributed by atoms with van der Waals surface area (Å²) in [5.74, 6) is 0.210. The smallest absolute Gasteiger partial charge is 0.407 e. The molecule has 2 atom stereocenters. The van der Waals surface area contributed by atoms with Gasteiger partial charge in [0.15, 0.2) is 0 Å². The Hall–Kier alpha value is -1.30. The SMILES string of the molecule is CC(=O)NCCCC1(N)CN(C(=O)O)CCC1C(C)(C)C. The highest BCUT2D eigenvalue weighted by Gasteiger charge is 2.46. The standard InChI is InChI=1S/C15H29N3O3/c1-11(19)17-8-5-7-15(16)10-18(13(20)21)9-6-12(15)14(2,3)4/h12H,5-10,16H2,1-4H3,(H,17,19)(H,20,21). The molecule has 21 heavy (non-hydrogen) atoms. The summed E-state index contributed by atoms with van der Waals surface area (Å²) in [7, 11) is 0. The zero-order valence-corrected chi connectivity index (χ0v) is 13.6. The molecule has 0 aromatic heterocycles. The van der Waals surface area contributed by atoms with Gasteiger partial charge in [-0.1, -0.05) is 20.8 Å². The van der Waals surface area contributed by atoms with Gasteiger partial charge in [0, 0.05) is 32.1 Å². The minimum absolute atomic E-state index is 0.0351. The van der Waals surface area contributed by atoms with E-state index >= 15 is 0 Å². The summed E-state index contributed by atoms with van der Waals surface area (Å²) in [6.07, 6.45) is 1.35. The first-order valence-electron chi connectivity index (χ1n) is 7.57. The number of nitrogens with zero attached hydrogens (tertiary/aromatic N) is 1. The maximum Gasteiger partial charge on any atom is 0.407 e. The molecule has 6 heteroatoms. The summed E-state index contributed by atoms with van der Waals surface area (Å²) in [5, 5.41) is 12.0. The Balaban J connectivity index is 2.76. The summed E-state index contributed by atoms with van der Waals surface area (Å²) in [5.41, 5.74) is 6.12. The number of carbonyl (C=O) groups is 2. The fourth-order valence-corrected chi connectivity index (χ4v) is 3.51. The van der Waals surface area contributed by atoms with Crippen molar-refractivity contribution < 1.29 is 14.7 Å². The highest BCUT2D eigenvalue weighted by atomic mass is 16.4. The van der Waals surface area contributed by atoms with Crippen LogP contribution in [-0.4, -0.2) is 47.2 Å². The van der Waals surface area contributed by atoms with Gasteiger partial charge in [0.1, 0.15) is 0 Å².